The number of halogens is 1. The van der Waals surface area contributed by atoms with Crippen LogP contribution < -0.4 is 15.5 Å². The summed E-state index contributed by atoms with van der Waals surface area (Å²) in [7, 11) is 1.73. The monoisotopic (exact) mass is 541 g/mol. The number of carbonyl (C=O) groups is 2. The number of likely N-dealkylation sites (N-methyl/N-ethyl adjacent to an activating group) is 1. The number of nitrogens with one attached hydrogen (secondary N) is 2. The second kappa shape index (κ2) is 11.1. The highest BCUT2D eigenvalue weighted by atomic mass is 35.5. The lowest BCUT2D eigenvalue weighted by Crippen LogP contribution is -2.54. The molecule has 0 aliphatic carbocycles. The standard InChI is InChI=1S/C27H32ClN5O3S/c1-27(2,3)36-26(35)29-19-12-14-33(15-13-19)25(37)31-23-24(34)32(4)21-11-10-18(28)16-20(21)22(30-23)17-8-6-5-7-9-17/h5-11,16,19,23H,12-15H2,1-4H3,(H,29,35)(H,31,37). The lowest BCUT2D eigenvalue weighted by atomic mass is 10.0. The van der Waals surface area contributed by atoms with Gasteiger partial charge in [0.1, 0.15) is 5.60 Å². The van der Waals surface area contributed by atoms with Crippen LogP contribution >= 0.6 is 23.8 Å². The van der Waals surface area contributed by atoms with Gasteiger partial charge in [0.05, 0.1) is 11.4 Å². The summed E-state index contributed by atoms with van der Waals surface area (Å²) in [5, 5.41) is 7.12. The maximum absolute atomic E-state index is 13.5. The summed E-state index contributed by atoms with van der Waals surface area (Å²) in [5.74, 6) is -0.224. The van der Waals surface area contributed by atoms with E-state index in [0.717, 1.165) is 16.8 Å². The van der Waals surface area contributed by atoms with Crippen LogP contribution in [0, 0.1) is 0 Å². The Morgan fingerprint density at radius 3 is 2.43 bits per heavy atom. The van der Waals surface area contributed by atoms with Crippen molar-refractivity contribution in [2.45, 2.75) is 51.4 Å². The van der Waals surface area contributed by atoms with Crippen molar-refractivity contribution in [3.63, 3.8) is 0 Å². The van der Waals surface area contributed by atoms with E-state index >= 15 is 0 Å². The molecule has 0 saturated carbocycles. The summed E-state index contributed by atoms with van der Waals surface area (Å²) in [6.07, 6.45) is 0.0991. The predicted octanol–water partition coefficient (Wildman–Crippen LogP) is 4.34. The number of benzodiazepines with no additional fused rings is 1. The largest absolute Gasteiger partial charge is 0.444 e. The molecule has 2 aliphatic rings. The molecule has 0 bridgehead atoms. The van der Waals surface area contributed by atoms with Crippen molar-refractivity contribution in [1.29, 1.82) is 0 Å². The van der Waals surface area contributed by atoms with Gasteiger partial charge in [0.2, 0.25) is 6.17 Å². The molecule has 1 atom stereocenters. The minimum atomic E-state index is -0.906. The van der Waals surface area contributed by atoms with Gasteiger partial charge in [-0.05, 0) is 64.0 Å². The Bertz CT molecular complexity index is 1210. The Balaban J connectivity index is 1.49. The summed E-state index contributed by atoms with van der Waals surface area (Å²) in [6, 6.07) is 15.1. The first kappa shape index (κ1) is 26.9. The van der Waals surface area contributed by atoms with Crippen molar-refractivity contribution in [3.05, 3.63) is 64.7 Å². The van der Waals surface area contributed by atoms with Gasteiger partial charge in [-0.2, -0.15) is 0 Å². The lowest BCUT2D eigenvalue weighted by Gasteiger charge is -2.35. The van der Waals surface area contributed by atoms with Gasteiger partial charge >= 0.3 is 6.09 Å². The molecule has 2 heterocycles. The summed E-state index contributed by atoms with van der Waals surface area (Å²) in [4.78, 5) is 34.0. The average Bonchev–Trinajstić information content (AvgIpc) is 2.94. The zero-order valence-electron chi connectivity index (χ0n) is 21.5. The van der Waals surface area contributed by atoms with Crippen molar-refractivity contribution in [2.75, 3.05) is 25.0 Å². The first-order valence-corrected chi connectivity index (χ1v) is 13.1. The molecule has 0 radical (unpaired) electrons. The maximum atomic E-state index is 13.5. The van der Waals surface area contributed by atoms with E-state index in [9.17, 15) is 9.59 Å². The van der Waals surface area contributed by atoms with E-state index < -0.39 is 17.9 Å². The number of amides is 2. The number of nitrogens with zero attached hydrogens (tertiary/aromatic N) is 3. The SMILES string of the molecule is CN1C(=O)C(NC(=S)N2CCC(NC(=O)OC(C)(C)C)CC2)N=C(c2ccccc2)c2cc(Cl)ccc21. The average molecular weight is 542 g/mol. The highest BCUT2D eigenvalue weighted by Gasteiger charge is 2.32. The number of thiocarbonyl (C=S) groups is 1. The van der Waals surface area contributed by atoms with Crippen LogP contribution in [-0.2, 0) is 9.53 Å². The van der Waals surface area contributed by atoms with Gasteiger partial charge in [0, 0.05) is 42.3 Å². The fraction of sp³-hybridized carbons (Fsp3) is 0.407. The number of likely N-dealkylation sites (tertiary alicyclic amines) is 1. The topological polar surface area (TPSA) is 86.3 Å². The van der Waals surface area contributed by atoms with Crippen LogP contribution in [-0.4, -0.2) is 65.7 Å². The van der Waals surface area contributed by atoms with E-state index in [0.29, 0.717) is 41.8 Å². The molecule has 1 unspecified atom stereocenters. The van der Waals surface area contributed by atoms with E-state index in [1.165, 1.54) is 0 Å². The van der Waals surface area contributed by atoms with Gasteiger partial charge < -0.3 is 25.2 Å². The molecule has 8 nitrogen and oxygen atoms in total. The number of ether oxygens (including phenoxy) is 1. The second-order valence-corrected chi connectivity index (χ2v) is 11.0. The Hall–Kier alpha value is -3.17. The van der Waals surface area contributed by atoms with Crippen LogP contribution in [0.2, 0.25) is 5.02 Å². The minimum Gasteiger partial charge on any atom is -0.444 e. The van der Waals surface area contributed by atoms with E-state index in [1.54, 1.807) is 18.0 Å². The highest BCUT2D eigenvalue weighted by molar-refractivity contribution is 7.80. The van der Waals surface area contributed by atoms with Crippen molar-refractivity contribution in [3.8, 4) is 0 Å². The number of anilines is 1. The van der Waals surface area contributed by atoms with Crippen molar-refractivity contribution < 1.29 is 14.3 Å². The van der Waals surface area contributed by atoms with Gasteiger partial charge in [-0.3, -0.25) is 4.79 Å². The quantitative estimate of drug-likeness (QED) is 0.562. The van der Waals surface area contributed by atoms with Gasteiger partial charge in [-0.15, -0.1) is 0 Å². The third-order valence-corrected chi connectivity index (χ3v) is 6.82. The first-order valence-electron chi connectivity index (χ1n) is 12.3. The molecule has 196 valence electrons. The minimum absolute atomic E-state index is 0.00139. The molecule has 2 aliphatic heterocycles. The zero-order valence-corrected chi connectivity index (χ0v) is 23.0. The number of aliphatic imine (C=N–C) groups is 1. The molecule has 4 rings (SSSR count). The smallest absolute Gasteiger partial charge is 0.407 e. The van der Waals surface area contributed by atoms with E-state index in [-0.39, 0.29) is 11.9 Å². The molecular weight excluding hydrogens is 510 g/mol. The molecule has 1 fully saturated rings. The normalized spacial score (nSPS) is 18.5. The van der Waals surface area contributed by atoms with Gasteiger partial charge in [0.15, 0.2) is 5.11 Å². The van der Waals surface area contributed by atoms with E-state index in [2.05, 4.69) is 10.6 Å². The number of benzene rings is 2. The molecule has 0 spiro atoms. The first-order chi connectivity index (χ1) is 17.5. The van der Waals surface area contributed by atoms with Gasteiger partial charge in [-0.25, -0.2) is 9.79 Å². The van der Waals surface area contributed by atoms with Gasteiger partial charge in [0.25, 0.3) is 5.91 Å². The van der Waals surface area contributed by atoms with E-state index in [1.807, 2.05) is 68.1 Å². The summed E-state index contributed by atoms with van der Waals surface area (Å²) >= 11 is 12.0. The Kier molecular flexibility index (Phi) is 8.04. The molecule has 2 N–H and O–H groups in total. The van der Waals surface area contributed by atoms with Crippen LogP contribution in [0.15, 0.2) is 53.5 Å². The lowest BCUT2D eigenvalue weighted by molar-refractivity contribution is -0.119. The number of hydrogen-bond donors (Lipinski definition) is 2. The molecular formula is C27H32ClN5O3S. The predicted molar refractivity (Wildman–Crippen MR) is 150 cm³/mol. The van der Waals surface area contributed by atoms with Crippen LogP contribution in [0.25, 0.3) is 0 Å². The Morgan fingerprint density at radius 2 is 1.78 bits per heavy atom. The Morgan fingerprint density at radius 1 is 1.11 bits per heavy atom. The molecule has 0 aromatic heterocycles. The molecule has 1 saturated heterocycles. The van der Waals surface area contributed by atoms with Gasteiger partial charge in [-0.1, -0.05) is 41.9 Å². The fourth-order valence-electron chi connectivity index (χ4n) is 4.38. The van der Waals surface area contributed by atoms with Crippen LogP contribution in [0.4, 0.5) is 10.5 Å². The highest BCUT2D eigenvalue weighted by Crippen LogP contribution is 2.30. The Labute approximate surface area is 228 Å². The van der Waals surface area contributed by atoms with Crippen LogP contribution in [0.5, 0.6) is 0 Å². The summed E-state index contributed by atoms with van der Waals surface area (Å²) in [5.41, 5.74) is 2.50. The second-order valence-electron chi connectivity index (χ2n) is 10.2. The van der Waals surface area contributed by atoms with Crippen LogP contribution in [0.3, 0.4) is 0 Å². The van der Waals surface area contributed by atoms with E-state index in [4.69, 9.17) is 33.5 Å². The molecule has 10 heteroatoms. The summed E-state index contributed by atoms with van der Waals surface area (Å²) < 4.78 is 5.36. The molecule has 37 heavy (non-hydrogen) atoms. The number of alkyl carbamates (subject to hydrolysis) is 1. The summed E-state index contributed by atoms with van der Waals surface area (Å²) in [6.45, 7) is 6.78. The number of hydrogen-bond acceptors (Lipinski definition) is 5. The van der Waals surface area contributed by atoms with Crippen LogP contribution in [0.1, 0.15) is 44.7 Å². The molecule has 2 aromatic carbocycles. The zero-order chi connectivity index (χ0) is 26.7. The van der Waals surface area contributed by atoms with Crippen molar-refractivity contribution >= 4 is 52.3 Å². The number of carbonyl (C=O) groups excluding carboxylic acids is 2. The van der Waals surface area contributed by atoms with Crippen molar-refractivity contribution in [1.82, 2.24) is 15.5 Å². The number of piperidine rings is 1. The fourth-order valence-corrected chi connectivity index (χ4v) is 4.84. The molecule has 2 aromatic rings. The maximum Gasteiger partial charge on any atom is 0.407 e. The van der Waals surface area contributed by atoms with Crippen molar-refractivity contribution in [2.24, 2.45) is 4.99 Å². The number of rotatable bonds is 3. The number of fused-ring (bicyclic) bond motifs is 1. The third kappa shape index (κ3) is 6.59. The third-order valence-electron chi connectivity index (χ3n) is 6.21. The molecule has 2 amide bonds.